The number of fused-ring (bicyclic) bond motifs is 1. The zero-order chi connectivity index (χ0) is 27.1. The van der Waals surface area contributed by atoms with Crippen molar-refractivity contribution in [2.45, 2.75) is 51.6 Å². The molecule has 2 saturated carbocycles. The molecule has 198 valence electrons. The lowest BCUT2D eigenvalue weighted by atomic mass is 9.50. The summed E-state index contributed by atoms with van der Waals surface area (Å²) < 4.78 is 48.5. The van der Waals surface area contributed by atoms with E-state index in [0.29, 0.717) is 27.6 Å². The molecule has 2 aliphatic rings. The number of hydrogen-bond acceptors (Lipinski definition) is 5. The summed E-state index contributed by atoms with van der Waals surface area (Å²) in [5.41, 5.74) is 2.28. The van der Waals surface area contributed by atoms with Crippen molar-refractivity contribution in [1.29, 1.82) is 0 Å². The van der Waals surface area contributed by atoms with E-state index in [4.69, 9.17) is 4.74 Å². The quantitative estimate of drug-likeness (QED) is 0.369. The Bertz CT molecular complexity index is 1450. The van der Waals surface area contributed by atoms with Crippen molar-refractivity contribution >= 4 is 22.8 Å². The van der Waals surface area contributed by atoms with Gasteiger partial charge in [0.2, 0.25) is 0 Å². The van der Waals surface area contributed by atoms with Crippen LogP contribution in [0.5, 0.6) is 5.75 Å². The van der Waals surface area contributed by atoms with Gasteiger partial charge in [-0.2, -0.15) is 5.10 Å². The van der Waals surface area contributed by atoms with Crippen molar-refractivity contribution in [2.75, 3.05) is 7.11 Å². The molecule has 0 saturated heterocycles. The molecule has 10 heteroatoms. The van der Waals surface area contributed by atoms with Gasteiger partial charge in [0.1, 0.15) is 5.75 Å². The van der Waals surface area contributed by atoms with Crippen LogP contribution >= 0.6 is 0 Å². The third-order valence-corrected chi connectivity index (χ3v) is 7.36. The van der Waals surface area contributed by atoms with Gasteiger partial charge in [-0.25, -0.2) is 0 Å². The van der Waals surface area contributed by atoms with Gasteiger partial charge in [0.05, 0.1) is 36.8 Å². The first kappa shape index (κ1) is 25.6. The number of alkyl halides is 3. The van der Waals surface area contributed by atoms with Crippen LogP contribution in [-0.2, 0) is 16.1 Å². The average molecular weight is 526 g/mol. The van der Waals surface area contributed by atoms with Crippen LogP contribution in [0.4, 0.5) is 13.2 Å². The highest BCUT2D eigenvalue weighted by molar-refractivity contribution is 6.07. The van der Waals surface area contributed by atoms with Gasteiger partial charge in [-0.1, -0.05) is 18.1 Å². The molecule has 1 N–H and O–H groups in total. The number of amides is 1. The SMILES string of the molecule is CC#Cc1ccc(C(=O)NC2CC3(C2)CC(C(=O)OC)C3)c2c1cnn2Cc1cccc(OC(F)(F)F)c1. The molecule has 0 bridgehead atoms. The molecule has 2 aromatic carbocycles. The lowest BCUT2D eigenvalue weighted by Crippen LogP contribution is -2.57. The largest absolute Gasteiger partial charge is 0.573 e. The average Bonchev–Trinajstić information content (AvgIpc) is 3.22. The molecule has 7 nitrogen and oxygen atoms in total. The number of benzene rings is 2. The molecule has 3 aromatic rings. The van der Waals surface area contributed by atoms with Crippen LogP contribution in [0.15, 0.2) is 42.6 Å². The maximum absolute atomic E-state index is 13.4. The topological polar surface area (TPSA) is 82.5 Å². The number of hydrogen-bond donors (Lipinski definition) is 1. The number of carbonyl (C=O) groups is 2. The minimum absolute atomic E-state index is 0.00109. The predicted octanol–water partition coefficient (Wildman–Crippen LogP) is 4.82. The molecular weight excluding hydrogens is 499 g/mol. The number of ether oxygens (including phenoxy) is 2. The second-order valence-corrected chi connectivity index (χ2v) is 10.0. The standard InChI is InChI=1S/C28H26F3N3O4/c1-3-5-18-8-9-22(25(35)33-20-13-27(14-20)11-19(12-27)26(36)37-2)24-23(18)15-32-34(24)16-17-6-4-7-21(10-17)38-28(29,30)31/h4,6-10,15,19-20H,11-14,16H2,1-2H3,(H,33,35). The Hall–Kier alpha value is -4.00. The summed E-state index contributed by atoms with van der Waals surface area (Å²) in [6, 6.07) is 9.13. The van der Waals surface area contributed by atoms with E-state index in [2.05, 4.69) is 27.0 Å². The maximum Gasteiger partial charge on any atom is 0.573 e. The Labute approximate surface area is 217 Å². The van der Waals surface area contributed by atoms with E-state index < -0.39 is 6.36 Å². The Morgan fingerprint density at radius 3 is 2.63 bits per heavy atom. The van der Waals surface area contributed by atoms with Crippen LogP contribution in [0.1, 0.15) is 54.1 Å². The summed E-state index contributed by atoms with van der Waals surface area (Å²) in [5, 5.41) is 8.21. The zero-order valence-corrected chi connectivity index (χ0v) is 20.9. The minimum atomic E-state index is -4.80. The lowest BCUT2D eigenvalue weighted by molar-refractivity contribution is -0.274. The van der Waals surface area contributed by atoms with Crippen LogP contribution in [0.25, 0.3) is 10.9 Å². The number of carbonyl (C=O) groups excluding carboxylic acids is 2. The van der Waals surface area contributed by atoms with E-state index in [0.717, 1.165) is 25.7 Å². The Morgan fingerprint density at radius 2 is 1.95 bits per heavy atom. The van der Waals surface area contributed by atoms with Gasteiger partial charge < -0.3 is 14.8 Å². The lowest BCUT2D eigenvalue weighted by Gasteiger charge is -2.56. The summed E-state index contributed by atoms with van der Waals surface area (Å²) in [6.07, 6.45) is -0.00744. The first-order chi connectivity index (χ1) is 18.1. The number of aromatic nitrogens is 2. The number of methoxy groups -OCH3 is 1. The van der Waals surface area contributed by atoms with Crippen molar-refractivity contribution in [3.63, 3.8) is 0 Å². The Kier molecular flexibility index (Phi) is 6.55. The van der Waals surface area contributed by atoms with E-state index in [1.165, 1.54) is 25.3 Å². The molecule has 2 fully saturated rings. The molecule has 5 rings (SSSR count). The maximum atomic E-state index is 13.4. The van der Waals surface area contributed by atoms with Gasteiger partial charge in [0.15, 0.2) is 0 Å². The van der Waals surface area contributed by atoms with Crippen LogP contribution < -0.4 is 10.1 Å². The van der Waals surface area contributed by atoms with E-state index in [1.807, 2.05) is 0 Å². The van der Waals surface area contributed by atoms with Crippen LogP contribution in [0.2, 0.25) is 0 Å². The highest BCUT2D eigenvalue weighted by Gasteiger charge is 2.55. The number of esters is 1. The zero-order valence-electron chi connectivity index (χ0n) is 20.9. The Balaban J connectivity index is 1.36. The van der Waals surface area contributed by atoms with E-state index in [-0.39, 0.29) is 41.5 Å². The monoisotopic (exact) mass is 525 g/mol. The smallest absolute Gasteiger partial charge is 0.469 e. The molecule has 0 aliphatic heterocycles. The molecule has 0 radical (unpaired) electrons. The van der Waals surface area contributed by atoms with Gasteiger partial charge in [0, 0.05) is 17.0 Å². The number of halogens is 3. The van der Waals surface area contributed by atoms with Gasteiger partial charge in [-0.3, -0.25) is 14.3 Å². The molecule has 2 aliphatic carbocycles. The number of nitrogens with one attached hydrogen (secondary N) is 1. The third-order valence-electron chi connectivity index (χ3n) is 7.36. The first-order valence-electron chi connectivity index (χ1n) is 12.2. The molecule has 1 spiro atoms. The molecule has 38 heavy (non-hydrogen) atoms. The number of nitrogens with zero attached hydrogens (tertiary/aromatic N) is 2. The summed E-state index contributed by atoms with van der Waals surface area (Å²) in [6.45, 7) is 1.84. The molecule has 1 heterocycles. The van der Waals surface area contributed by atoms with Crippen molar-refractivity contribution < 1.29 is 32.2 Å². The fraction of sp³-hybridized carbons (Fsp3) is 0.393. The first-order valence-corrected chi connectivity index (χ1v) is 12.2. The molecule has 1 amide bonds. The van der Waals surface area contributed by atoms with E-state index >= 15 is 0 Å². The van der Waals surface area contributed by atoms with Gasteiger partial charge in [-0.05, 0) is 67.9 Å². The van der Waals surface area contributed by atoms with E-state index in [1.54, 1.807) is 36.0 Å². The van der Waals surface area contributed by atoms with Crippen molar-refractivity contribution in [2.24, 2.45) is 11.3 Å². The minimum Gasteiger partial charge on any atom is -0.469 e. The summed E-state index contributed by atoms with van der Waals surface area (Å²) in [7, 11) is 1.40. The summed E-state index contributed by atoms with van der Waals surface area (Å²) >= 11 is 0. The van der Waals surface area contributed by atoms with Crippen LogP contribution in [0, 0.1) is 23.2 Å². The fourth-order valence-electron chi connectivity index (χ4n) is 5.77. The predicted molar refractivity (Wildman–Crippen MR) is 132 cm³/mol. The summed E-state index contributed by atoms with van der Waals surface area (Å²) in [5.74, 6) is 5.06. The second-order valence-electron chi connectivity index (χ2n) is 10.0. The summed E-state index contributed by atoms with van der Waals surface area (Å²) in [4.78, 5) is 25.1. The molecule has 1 aromatic heterocycles. The van der Waals surface area contributed by atoms with E-state index in [9.17, 15) is 22.8 Å². The Morgan fingerprint density at radius 1 is 1.18 bits per heavy atom. The number of rotatable bonds is 6. The fourth-order valence-corrected chi connectivity index (χ4v) is 5.77. The van der Waals surface area contributed by atoms with Crippen LogP contribution in [0.3, 0.4) is 0 Å². The molecule has 0 atom stereocenters. The normalized spacial score (nSPS) is 22.1. The third kappa shape index (κ3) is 5.05. The molecular formula is C28H26F3N3O4. The highest BCUT2D eigenvalue weighted by Crippen LogP contribution is 2.59. The molecule has 0 unspecified atom stereocenters. The van der Waals surface area contributed by atoms with Crippen LogP contribution in [-0.4, -0.2) is 41.2 Å². The highest BCUT2D eigenvalue weighted by atomic mass is 19.4. The van der Waals surface area contributed by atoms with Crippen molar-refractivity contribution in [3.05, 3.63) is 59.3 Å². The van der Waals surface area contributed by atoms with Crippen molar-refractivity contribution in [1.82, 2.24) is 15.1 Å². The van der Waals surface area contributed by atoms with Gasteiger partial charge >= 0.3 is 12.3 Å². The van der Waals surface area contributed by atoms with Gasteiger partial charge in [0.25, 0.3) is 5.91 Å². The van der Waals surface area contributed by atoms with Gasteiger partial charge in [-0.15, -0.1) is 19.1 Å². The van der Waals surface area contributed by atoms with Crippen molar-refractivity contribution in [3.8, 4) is 17.6 Å². The second kappa shape index (κ2) is 9.71.